The summed E-state index contributed by atoms with van der Waals surface area (Å²) in [5.41, 5.74) is 12.1. The SMILES string of the molecule is CCn1nc(C)c2c1C(=O)Nc1nc3cc(C(N)=O)ccc3n1CCCCn1c(nc3cc(C(=O)OC)ccc31)NC(=O)c1cc(C)nn1CCCCC2. The summed E-state index contributed by atoms with van der Waals surface area (Å²) < 4.78 is 12.2. The van der Waals surface area contributed by atoms with Crippen LogP contribution in [0.25, 0.3) is 22.1 Å². The summed E-state index contributed by atoms with van der Waals surface area (Å²) in [4.78, 5) is 61.8. The monoisotopic (exact) mass is 733 g/mol. The number of carbonyl (C=O) groups excluding carboxylic acids is 4. The van der Waals surface area contributed by atoms with Crippen molar-refractivity contribution >= 4 is 57.7 Å². The molecule has 1 aliphatic rings. The maximum atomic E-state index is 14.1. The second-order valence-corrected chi connectivity index (χ2v) is 13.5. The number of hydrogen-bond donors (Lipinski definition) is 3. The molecule has 54 heavy (non-hydrogen) atoms. The third-order valence-electron chi connectivity index (χ3n) is 9.86. The molecule has 16 nitrogen and oxygen atoms in total. The lowest BCUT2D eigenvalue weighted by atomic mass is 10.0. The van der Waals surface area contributed by atoms with Gasteiger partial charge >= 0.3 is 5.97 Å². The number of aromatic nitrogens is 8. The van der Waals surface area contributed by atoms with Crippen LogP contribution in [0, 0.1) is 13.8 Å². The maximum absolute atomic E-state index is 14.1. The van der Waals surface area contributed by atoms with Crippen molar-refractivity contribution in [3.63, 3.8) is 0 Å². The molecule has 1 aliphatic heterocycles. The van der Waals surface area contributed by atoms with Gasteiger partial charge in [0.05, 0.1) is 46.1 Å². The molecule has 4 aromatic heterocycles. The summed E-state index contributed by atoms with van der Waals surface area (Å²) in [6, 6.07) is 11.9. The highest BCUT2D eigenvalue weighted by Crippen LogP contribution is 2.27. The highest BCUT2D eigenvalue weighted by molar-refractivity contribution is 6.05. The van der Waals surface area contributed by atoms with Crippen LogP contribution < -0.4 is 16.4 Å². The average Bonchev–Trinajstić information content (AvgIpc) is 3.89. The summed E-state index contributed by atoms with van der Waals surface area (Å²) in [6.07, 6.45) is 4.31. The molecule has 0 fully saturated rings. The number of aryl methyl sites for hydroxylation is 6. The van der Waals surface area contributed by atoms with E-state index < -0.39 is 11.9 Å². The van der Waals surface area contributed by atoms with Gasteiger partial charge in [0.15, 0.2) is 0 Å². The minimum atomic E-state index is -0.572. The van der Waals surface area contributed by atoms with E-state index in [4.69, 9.17) is 20.4 Å². The molecule has 0 unspecified atom stereocenters. The van der Waals surface area contributed by atoms with E-state index in [0.29, 0.717) is 90.9 Å². The van der Waals surface area contributed by atoms with Gasteiger partial charge in [-0.05, 0) is 95.3 Å². The molecule has 4 N–H and O–H groups in total. The fourth-order valence-corrected chi connectivity index (χ4v) is 7.21. The number of methoxy groups -OCH3 is 1. The largest absolute Gasteiger partial charge is 0.465 e. The van der Waals surface area contributed by atoms with Gasteiger partial charge in [-0.2, -0.15) is 10.2 Å². The Hall–Kier alpha value is -6.32. The lowest BCUT2D eigenvalue weighted by Gasteiger charge is -2.13. The third-order valence-corrected chi connectivity index (χ3v) is 9.86. The van der Waals surface area contributed by atoms with Gasteiger partial charge in [-0.15, -0.1) is 0 Å². The molecule has 0 bridgehead atoms. The Morgan fingerprint density at radius 2 is 1.41 bits per heavy atom. The number of rotatable bonds is 3. The average molecular weight is 734 g/mol. The molecular weight excluding hydrogens is 690 g/mol. The number of anilines is 2. The first-order valence-corrected chi connectivity index (χ1v) is 18.2. The first-order valence-electron chi connectivity index (χ1n) is 18.2. The van der Waals surface area contributed by atoms with E-state index in [9.17, 15) is 19.2 Å². The zero-order valence-corrected chi connectivity index (χ0v) is 30.8. The van der Waals surface area contributed by atoms with E-state index in [1.807, 2.05) is 29.9 Å². The summed E-state index contributed by atoms with van der Waals surface area (Å²) in [5, 5.41) is 15.4. The van der Waals surface area contributed by atoms with Crippen LogP contribution in [-0.2, 0) is 37.3 Å². The number of amides is 3. The smallest absolute Gasteiger partial charge is 0.337 e. The van der Waals surface area contributed by atoms with Crippen LogP contribution in [-0.4, -0.2) is 69.5 Å². The number of nitrogens with two attached hydrogens (primary N) is 1. The third kappa shape index (κ3) is 6.93. The number of ether oxygens (including phenoxy) is 1. The highest BCUT2D eigenvalue weighted by Gasteiger charge is 2.24. The fraction of sp³-hybridized carbons (Fsp3) is 0.368. The minimum absolute atomic E-state index is 0.313. The first kappa shape index (κ1) is 36.1. The molecule has 5 heterocycles. The van der Waals surface area contributed by atoms with Crippen LogP contribution in [0.15, 0.2) is 42.5 Å². The molecule has 280 valence electrons. The van der Waals surface area contributed by atoms with Crippen molar-refractivity contribution in [2.45, 2.75) is 85.5 Å². The Morgan fingerprint density at radius 1 is 0.796 bits per heavy atom. The summed E-state index contributed by atoms with van der Waals surface area (Å²) in [5.74, 6) is -1.03. The lowest BCUT2D eigenvalue weighted by molar-refractivity contribution is 0.0600. The molecular formula is C38H43N11O5. The molecule has 16 heteroatoms. The van der Waals surface area contributed by atoms with Gasteiger partial charge in [0.1, 0.15) is 11.4 Å². The number of fused-ring (bicyclic) bond motifs is 8. The van der Waals surface area contributed by atoms with Crippen LogP contribution >= 0.6 is 0 Å². The van der Waals surface area contributed by atoms with Crippen molar-refractivity contribution < 1.29 is 23.9 Å². The zero-order valence-electron chi connectivity index (χ0n) is 30.8. The van der Waals surface area contributed by atoms with Crippen LogP contribution in [0.1, 0.15) is 97.7 Å². The van der Waals surface area contributed by atoms with E-state index in [2.05, 4.69) is 20.8 Å². The van der Waals surface area contributed by atoms with Gasteiger partial charge in [0.25, 0.3) is 11.8 Å². The van der Waals surface area contributed by atoms with Crippen molar-refractivity contribution in [1.82, 2.24) is 38.7 Å². The van der Waals surface area contributed by atoms with E-state index in [1.165, 1.54) is 7.11 Å². The normalized spacial score (nSPS) is 14.7. The van der Waals surface area contributed by atoms with Crippen molar-refractivity contribution in [1.29, 1.82) is 0 Å². The number of imidazole rings is 2. The molecule has 3 amide bonds. The van der Waals surface area contributed by atoms with E-state index in [-0.39, 0.29) is 11.8 Å². The number of carbonyl (C=O) groups is 4. The van der Waals surface area contributed by atoms with Gasteiger partial charge in [0, 0.05) is 37.3 Å². The number of primary amides is 1. The predicted octanol–water partition coefficient (Wildman–Crippen LogP) is 5.01. The molecule has 0 saturated heterocycles. The first-order chi connectivity index (χ1) is 26.1. The summed E-state index contributed by atoms with van der Waals surface area (Å²) in [7, 11) is 1.32. The van der Waals surface area contributed by atoms with Gasteiger partial charge in [0.2, 0.25) is 17.8 Å². The Labute approximate surface area is 310 Å². The van der Waals surface area contributed by atoms with Gasteiger partial charge < -0.3 is 19.6 Å². The molecule has 2 aromatic carbocycles. The summed E-state index contributed by atoms with van der Waals surface area (Å²) in [6.45, 7) is 7.72. The van der Waals surface area contributed by atoms with Crippen LogP contribution in [0.3, 0.4) is 0 Å². The molecule has 0 saturated carbocycles. The van der Waals surface area contributed by atoms with E-state index in [1.54, 1.807) is 51.8 Å². The number of benzene rings is 2. The number of nitrogens with one attached hydrogen (secondary N) is 2. The van der Waals surface area contributed by atoms with Crippen molar-refractivity contribution in [3.05, 3.63) is 81.9 Å². The summed E-state index contributed by atoms with van der Waals surface area (Å²) >= 11 is 0. The molecule has 6 aromatic rings. The highest BCUT2D eigenvalue weighted by atomic mass is 16.5. The number of esters is 1. The zero-order chi connectivity index (χ0) is 38.1. The van der Waals surface area contributed by atoms with Gasteiger partial charge in [-0.1, -0.05) is 6.42 Å². The second kappa shape index (κ2) is 15.0. The minimum Gasteiger partial charge on any atom is -0.465 e. The Balaban J connectivity index is 1.28. The van der Waals surface area contributed by atoms with E-state index >= 15 is 0 Å². The van der Waals surface area contributed by atoms with Crippen LogP contribution in [0.5, 0.6) is 0 Å². The quantitative estimate of drug-likeness (QED) is 0.209. The molecule has 7 rings (SSSR count). The number of hydrogen-bond acceptors (Lipinski definition) is 9. The lowest BCUT2D eigenvalue weighted by Crippen LogP contribution is -2.21. The Kier molecular flexibility index (Phi) is 9.99. The van der Waals surface area contributed by atoms with Crippen molar-refractivity contribution in [2.75, 3.05) is 17.7 Å². The molecule has 0 atom stereocenters. The van der Waals surface area contributed by atoms with Gasteiger partial charge in [-0.3, -0.25) is 34.4 Å². The predicted molar refractivity (Wildman–Crippen MR) is 202 cm³/mol. The fourth-order valence-electron chi connectivity index (χ4n) is 7.21. The standard InChI is InChI=1S/C38H43N11O5/c1-5-48-32-26(23(3)45-48)11-7-6-8-18-49-31(19-22(2)44-49)34(51)42-37-41-28-21-25(36(53)54-4)13-15-30(28)46(37)16-9-10-17-47-29-14-12-24(33(39)50)20-27(29)40-38(47)43-35(32)52/h12-15,19-21H,5-11,16-18H2,1-4H3,(H2,39,50)(H,40,43,52)(H,41,42,51). The van der Waals surface area contributed by atoms with Crippen LogP contribution in [0.4, 0.5) is 11.9 Å². The number of nitrogens with zero attached hydrogens (tertiary/aromatic N) is 8. The maximum Gasteiger partial charge on any atom is 0.337 e. The Bertz CT molecular complexity index is 2430. The topological polar surface area (TPSA) is 199 Å². The van der Waals surface area contributed by atoms with E-state index in [0.717, 1.165) is 47.2 Å². The van der Waals surface area contributed by atoms with Crippen molar-refractivity contribution in [3.8, 4) is 0 Å². The molecule has 0 radical (unpaired) electrons. The van der Waals surface area contributed by atoms with Crippen LogP contribution in [0.2, 0.25) is 0 Å². The second-order valence-electron chi connectivity index (χ2n) is 13.5. The molecule has 0 spiro atoms. The Morgan fingerprint density at radius 3 is 2.04 bits per heavy atom. The molecule has 0 aliphatic carbocycles. The van der Waals surface area contributed by atoms with Gasteiger partial charge in [-0.25, -0.2) is 14.8 Å². The van der Waals surface area contributed by atoms with Crippen molar-refractivity contribution in [2.24, 2.45) is 5.73 Å².